The van der Waals surface area contributed by atoms with Crippen molar-refractivity contribution in [1.29, 1.82) is 0 Å². The first-order valence-corrected chi connectivity index (χ1v) is 24.8. The van der Waals surface area contributed by atoms with Crippen LogP contribution in [-0.2, 0) is 45.4 Å². The van der Waals surface area contributed by atoms with Crippen LogP contribution in [0.2, 0.25) is 5.02 Å². The molecule has 9 rings (SSSR count). The zero-order valence-corrected chi connectivity index (χ0v) is 39.6. The molecule has 4 aromatic rings. The van der Waals surface area contributed by atoms with Crippen molar-refractivity contribution in [2.75, 3.05) is 71.6 Å². The molecule has 2 aliphatic heterocycles. The number of carbonyl (C=O) groups is 2. The summed E-state index contributed by atoms with van der Waals surface area (Å²) in [4.78, 5) is 35.2. The third kappa shape index (κ3) is 10.3. The van der Waals surface area contributed by atoms with E-state index in [1.807, 2.05) is 48.5 Å². The summed E-state index contributed by atoms with van der Waals surface area (Å²) in [5.41, 5.74) is 6.01. The standard InChI is InChI=1S/C54H67ClN4O7/c1-38(33-66-49-17-23-56-48-13-4-3-12-46(48)49)28-41-30-40-15-16-45(32-47(40)53(41)19-21-54(22-20-53,51(61)62)57-43-10-6-9-42(55)31-43)64-26-7-14-50(60)58(2)24-18-39-8-5-11-44(29-39)65-27-25-59-34-52(35-59)36-63-37-52/h5-6,8-11,15-17,23,29,31-32,38,41,57H,3-4,7,12-14,18-22,24-28,30,33-37H2,1-2H3,(H,61,62)/t38-,41?,53?,54?/m1/s1. The van der Waals surface area contributed by atoms with E-state index in [2.05, 4.69) is 52.5 Å². The van der Waals surface area contributed by atoms with Crippen molar-refractivity contribution in [3.63, 3.8) is 0 Å². The highest BCUT2D eigenvalue weighted by Gasteiger charge is 2.54. The second-order valence-corrected chi connectivity index (χ2v) is 20.6. The van der Waals surface area contributed by atoms with E-state index in [-0.39, 0.29) is 17.2 Å². The molecule has 1 saturated carbocycles. The number of fused-ring (bicyclic) bond motifs is 3. The number of hydrogen-bond donors (Lipinski definition) is 2. The molecule has 3 aromatic carbocycles. The second-order valence-electron chi connectivity index (χ2n) is 20.2. The van der Waals surface area contributed by atoms with Crippen LogP contribution in [0.3, 0.4) is 0 Å². The summed E-state index contributed by atoms with van der Waals surface area (Å²) in [5, 5.41) is 14.7. The van der Waals surface area contributed by atoms with Crippen LogP contribution < -0.4 is 19.5 Å². The van der Waals surface area contributed by atoms with Gasteiger partial charge in [0.15, 0.2) is 0 Å². The van der Waals surface area contributed by atoms with Gasteiger partial charge in [0.1, 0.15) is 29.4 Å². The quantitative estimate of drug-likeness (QED) is 0.0831. The molecule has 0 radical (unpaired) electrons. The Balaban J connectivity index is 0.797. The molecule has 352 valence electrons. The summed E-state index contributed by atoms with van der Waals surface area (Å²) in [6.45, 7) is 9.55. The fraction of sp³-hybridized carbons (Fsp3) is 0.537. The van der Waals surface area contributed by atoms with Crippen molar-refractivity contribution in [3.05, 3.63) is 112 Å². The molecule has 2 saturated heterocycles. The molecule has 3 heterocycles. The van der Waals surface area contributed by atoms with Gasteiger partial charge in [-0.2, -0.15) is 0 Å². The number of pyridine rings is 1. The molecule has 66 heavy (non-hydrogen) atoms. The zero-order chi connectivity index (χ0) is 45.7. The van der Waals surface area contributed by atoms with Crippen LogP contribution in [0.4, 0.5) is 5.69 Å². The molecule has 3 aliphatic carbocycles. The smallest absolute Gasteiger partial charge is 0.329 e. The number of nitrogens with one attached hydrogen (secondary N) is 1. The van der Waals surface area contributed by atoms with Crippen LogP contribution in [0.15, 0.2) is 79.0 Å². The third-order valence-electron chi connectivity index (χ3n) is 15.4. The minimum atomic E-state index is -1.10. The van der Waals surface area contributed by atoms with Crippen molar-refractivity contribution >= 4 is 29.2 Å². The lowest BCUT2D eigenvalue weighted by molar-refractivity contribution is -0.189. The SMILES string of the molecule is C[C@@H](COc1ccnc2c1CCCC2)CC1Cc2ccc(OCCCC(=O)N(C)CCc3cccc(OCCN4CC5(COC5)C4)c3)cc2C12CCC(Nc1cccc(Cl)c1)(C(=O)O)CC2. The zero-order valence-electron chi connectivity index (χ0n) is 38.8. The lowest BCUT2D eigenvalue weighted by Crippen LogP contribution is -2.66. The number of aliphatic carboxylic acids is 1. The van der Waals surface area contributed by atoms with Crippen LogP contribution in [0.5, 0.6) is 17.2 Å². The number of carboxylic acid groups (broad SMARTS) is 1. The number of aromatic nitrogens is 1. The van der Waals surface area contributed by atoms with E-state index in [1.54, 1.807) is 12.1 Å². The number of aryl methyl sites for hydroxylation is 1. The van der Waals surface area contributed by atoms with Gasteiger partial charge in [-0.3, -0.25) is 14.7 Å². The van der Waals surface area contributed by atoms with E-state index in [1.165, 1.54) is 35.2 Å². The highest BCUT2D eigenvalue weighted by atomic mass is 35.5. The molecule has 2 spiro atoms. The summed E-state index contributed by atoms with van der Waals surface area (Å²) in [6, 6.07) is 24.1. The molecular formula is C54H67ClN4O7. The largest absolute Gasteiger partial charge is 0.494 e. The minimum Gasteiger partial charge on any atom is -0.494 e. The number of carboxylic acids is 1. The van der Waals surface area contributed by atoms with E-state index in [0.717, 1.165) is 106 Å². The van der Waals surface area contributed by atoms with E-state index < -0.39 is 11.5 Å². The Morgan fingerprint density at radius 1 is 0.955 bits per heavy atom. The summed E-state index contributed by atoms with van der Waals surface area (Å²) in [6.07, 6.45) is 12.3. The van der Waals surface area contributed by atoms with Gasteiger partial charge in [-0.1, -0.05) is 42.8 Å². The molecule has 3 fully saturated rings. The highest BCUT2D eigenvalue weighted by Crippen LogP contribution is 2.57. The summed E-state index contributed by atoms with van der Waals surface area (Å²) in [5.74, 6) is 2.51. The van der Waals surface area contributed by atoms with Crippen LogP contribution in [0.1, 0.15) is 92.7 Å². The Hall–Kier alpha value is -4.84. The average Bonchev–Trinajstić information content (AvgIpc) is 3.57. The molecule has 0 bridgehead atoms. The van der Waals surface area contributed by atoms with Gasteiger partial charge in [-0.05, 0) is 160 Å². The molecule has 2 atom stereocenters. The number of likely N-dealkylation sites (N-methyl/N-ethyl adjacent to an activating group) is 1. The van der Waals surface area contributed by atoms with Gasteiger partial charge in [-0.15, -0.1) is 0 Å². The first kappa shape index (κ1) is 46.3. The molecule has 1 amide bonds. The lowest BCUT2D eigenvalue weighted by Gasteiger charge is -2.55. The minimum absolute atomic E-state index is 0.100. The predicted molar refractivity (Wildman–Crippen MR) is 257 cm³/mol. The van der Waals surface area contributed by atoms with E-state index in [0.29, 0.717) is 68.4 Å². The number of hydrogen-bond acceptors (Lipinski definition) is 9. The van der Waals surface area contributed by atoms with E-state index >= 15 is 0 Å². The van der Waals surface area contributed by atoms with Gasteiger partial charge < -0.3 is 34.3 Å². The van der Waals surface area contributed by atoms with Crippen molar-refractivity contribution in [2.45, 2.75) is 101 Å². The van der Waals surface area contributed by atoms with Crippen LogP contribution in [0, 0.1) is 17.3 Å². The summed E-state index contributed by atoms with van der Waals surface area (Å²) >= 11 is 6.33. The van der Waals surface area contributed by atoms with E-state index in [4.69, 9.17) is 30.5 Å². The number of ether oxygens (including phenoxy) is 4. The Kier molecular flexibility index (Phi) is 14.1. The predicted octanol–water partition coefficient (Wildman–Crippen LogP) is 9.21. The first-order valence-electron chi connectivity index (χ1n) is 24.4. The van der Waals surface area contributed by atoms with Crippen LogP contribution in [0.25, 0.3) is 0 Å². The van der Waals surface area contributed by atoms with Gasteiger partial charge in [0, 0.05) is 73.2 Å². The van der Waals surface area contributed by atoms with Gasteiger partial charge in [0.2, 0.25) is 5.91 Å². The molecule has 1 unspecified atom stereocenters. The van der Waals surface area contributed by atoms with Crippen LogP contribution >= 0.6 is 11.6 Å². The second kappa shape index (κ2) is 20.2. The normalized spacial score (nSPS) is 23.2. The summed E-state index contributed by atoms with van der Waals surface area (Å²) < 4.78 is 24.4. The Morgan fingerprint density at radius 3 is 2.53 bits per heavy atom. The van der Waals surface area contributed by atoms with Gasteiger partial charge in [-0.25, -0.2) is 4.79 Å². The molecule has 2 N–H and O–H groups in total. The Bertz CT molecular complexity index is 2340. The number of carbonyl (C=O) groups excluding carboxylic acids is 1. The number of rotatable bonds is 20. The van der Waals surface area contributed by atoms with Gasteiger partial charge in [0.25, 0.3) is 0 Å². The number of anilines is 1. The number of amides is 1. The maximum atomic E-state index is 13.2. The Morgan fingerprint density at radius 2 is 1.74 bits per heavy atom. The fourth-order valence-electron chi connectivity index (χ4n) is 11.6. The number of likely N-dealkylation sites (tertiary alicyclic amines) is 1. The average molecular weight is 920 g/mol. The van der Waals surface area contributed by atoms with Crippen molar-refractivity contribution < 1.29 is 33.6 Å². The molecule has 11 nitrogen and oxygen atoms in total. The highest BCUT2D eigenvalue weighted by molar-refractivity contribution is 6.30. The summed E-state index contributed by atoms with van der Waals surface area (Å²) in [7, 11) is 1.87. The molecule has 12 heteroatoms. The maximum absolute atomic E-state index is 13.2. The topological polar surface area (TPSA) is 123 Å². The molecule has 1 aromatic heterocycles. The maximum Gasteiger partial charge on any atom is 0.329 e. The van der Waals surface area contributed by atoms with Crippen LogP contribution in [-0.4, -0.2) is 104 Å². The lowest BCUT2D eigenvalue weighted by atomic mass is 9.59. The van der Waals surface area contributed by atoms with Crippen molar-refractivity contribution in [1.82, 2.24) is 14.8 Å². The number of benzene rings is 3. The van der Waals surface area contributed by atoms with Crippen molar-refractivity contribution in [2.24, 2.45) is 17.3 Å². The third-order valence-corrected chi connectivity index (χ3v) is 15.6. The molecule has 5 aliphatic rings. The van der Waals surface area contributed by atoms with Gasteiger partial charge in [0.05, 0.1) is 26.4 Å². The fourth-order valence-corrected chi connectivity index (χ4v) is 11.8. The molecular weight excluding hydrogens is 852 g/mol. The Labute approximate surface area is 395 Å². The van der Waals surface area contributed by atoms with Gasteiger partial charge >= 0.3 is 5.97 Å². The number of halogens is 1. The monoisotopic (exact) mass is 918 g/mol. The van der Waals surface area contributed by atoms with E-state index in [9.17, 15) is 14.7 Å². The van der Waals surface area contributed by atoms with Crippen molar-refractivity contribution in [3.8, 4) is 17.2 Å². The number of nitrogens with zero attached hydrogens (tertiary/aromatic N) is 3. The first-order chi connectivity index (χ1) is 32.0.